The smallest absolute Gasteiger partial charge is 0.291 e. The fraction of sp³-hybridized carbons (Fsp3) is 0.167. The first-order valence-electron chi connectivity index (χ1n) is 10.1. The Labute approximate surface area is 178 Å². The molecule has 1 fully saturated rings. The summed E-state index contributed by atoms with van der Waals surface area (Å²) < 4.78 is 10.8. The minimum absolute atomic E-state index is 0.0770. The van der Waals surface area contributed by atoms with Crippen LogP contribution in [0.3, 0.4) is 0 Å². The fourth-order valence-electron chi connectivity index (χ4n) is 3.77. The number of hydrogen-bond acceptors (Lipinski definition) is 5. The average Bonchev–Trinajstić information content (AvgIpc) is 3.49. The van der Waals surface area contributed by atoms with Gasteiger partial charge in [-0.05, 0) is 48.5 Å². The van der Waals surface area contributed by atoms with Gasteiger partial charge in [-0.2, -0.15) is 0 Å². The molecule has 7 heteroatoms. The highest BCUT2D eigenvalue weighted by atomic mass is 16.3. The number of benzene rings is 2. The summed E-state index contributed by atoms with van der Waals surface area (Å²) in [5.41, 5.74) is 2.47. The van der Waals surface area contributed by atoms with Gasteiger partial charge in [0, 0.05) is 42.9 Å². The Balaban J connectivity index is 1.19. The molecule has 5 rings (SSSR count). The van der Waals surface area contributed by atoms with Crippen LogP contribution in [0.5, 0.6) is 0 Å². The lowest BCUT2D eigenvalue weighted by atomic mass is 10.2. The molecule has 0 saturated carbocycles. The van der Waals surface area contributed by atoms with Crippen molar-refractivity contribution in [3.05, 3.63) is 84.5 Å². The molecule has 1 aliphatic rings. The van der Waals surface area contributed by atoms with Gasteiger partial charge in [-0.15, -0.1) is 0 Å². The molecule has 0 radical (unpaired) electrons. The van der Waals surface area contributed by atoms with E-state index in [0.717, 1.165) is 29.7 Å². The number of furan rings is 2. The number of para-hydroxylation sites is 1. The van der Waals surface area contributed by atoms with E-state index in [2.05, 4.69) is 10.2 Å². The van der Waals surface area contributed by atoms with Crippen molar-refractivity contribution in [2.45, 2.75) is 0 Å². The number of anilines is 2. The highest BCUT2D eigenvalue weighted by Crippen LogP contribution is 2.23. The molecular weight excluding hydrogens is 394 g/mol. The first-order chi connectivity index (χ1) is 15.2. The van der Waals surface area contributed by atoms with Gasteiger partial charge in [0.15, 0.2) is 11.5 Å². The van der Waals surface area contributed by atoms with Gasteiger partial charge in [-0.25, -0.2) is 0 Å². The lowest BCUT2D eigenvalue weighted by Gasteiger charge is -2.35. The number of carbonyl (C=O) groups excluding carboxylic acids is 2. The summed E-state index contributed by atoms with van der Waals surface area (Å²) >= 11 is 0. The van der Waals surface area contributed by atoms with Crippen LogP contribution in [-0.2, 0) is 0 Å². The van der Waals surface area contributed by atoms with Crippen LogP contribution in [0.2, 0.25) is 0 Å². The van der Waals surface area contributed by atoms with E-state index in [1.165, 1.54) is 6.26 Å². The Morgan fingerprint density at radius 1 is 0.839 bits per heavy atom. The van der Waals surface area contributed by atoms with E-state index in [9.17, 15) is 9.59 Å². The molecule has 2 amide bonds. The number of fused-ring (bicyclic) bond motifs is 1. The maximum Gasteiger partial charge on any atom is 0.291 e. The number of hydrogen-bond donors (Lipinski definition) is 1. The van der Waals surface area contributed by atoms with Gasteiger partial charge in [-0.1, -0.05) is 18.2 Å². The minimum atomic E-state index is -0.282. The van der Waals surface area contributed by atoms with E-state index in [4.69, 9.17) is 8.83 Å². The second-order valence-corrected chi connectivity index (χ2v) is 7.41. The van der Waals surface area contributed by atoms with Crippen LogP contribution in [0.1, 0.15) is 21.1 Å². The van der Waals surface area contributed by atoms with Gasteiger partial charge in [0.25, 0.3) is 11.8 Å². The number of nitrogens with zero attached hydrogens (tertiary/aromatic N) is 2. The van der Waals surface area contributed by atoms with E-state index in [1.54, 1.807) is 18.2 Å². The Kier molecular flexibility index (Phi) is 4.92. The molecular formula is C24H21N3O4. The first kappa shape index (κ1) is 19.0. The van der Waals surface area contributed by atoms with Gasteiger partial charge in [0.2, 0.25) is 0 Å². The second-order valence-electron chi connectivity index (χ2n) is 7.41. The topological polar surface area (TPSA) is 78.9 Å². The molecule has 7 nitrogen and oxygen atoms in total. The monoisotopic (exact) mass is 415 g/mol. The summed E-state index contributed by atoms with van der Waals surface area (Å²) in [6, 6.07) is 20.4. The summed E-state index contributed by atoms with van der Waals surface area (Å²) in [5.74, 6) is 0.294. The van der Waals surface area contributed by atoms with Crippen LogP contribution in [0.25, 0.3) is 11.0 Å². The zero-order valence-electron chi connectivity index (χ0n) is 16.8. The zero-order chi connectivity index (χ0) is 21.2. The summed E-state index contributed by atoms with van der Waals surface area (Å²) in [5, 5.41) is 3.75. The number of piperazine rings is 1. The highest BCUT2D eigenvalue weighted by Gasteiger charge is 2.24. The SMILES string of the molecule is O=C(Nc1ccc(N2CCN(C(=O)c3cc4ccccc4o3)CC2)cc1)c1ccco1. The maximum absolute atomic E-state index is 12.8. The fourth-order valence-corrected chi connectivity index (χ4v) is 3.77. The van der Waals surface area contributed by atoms with Gasteiger partial charge in [-0.3, -0.25) is 9.59 Å². The average molecular weight is 415 g/mol. The lowest BCUT2D eigenvalue weighted by Crippen LogP contribution is -2.48. The molecule has 0 aliphatic carbocycles. The number of carbonyl (C=O) groups is 2. The van der Waals surface area contributed by atoms with Crippen LogP contribution in [0, 0.1) is 0 Å². The Morgan fingerprint density at radius 2 is 1.61 bits per heavy atom. The van der Waals surface area contributed by atoms with Crippen LogP contribution in [-0.4, -0.2) is 42.9 Å². The third kappa shape index (κ3) is 3.90. The van der Waals surface area contributed by atoms with Gasteiger partial charge < -0.3 is 24.0 Å². The minimum Gasteiger partial charge on any atom is -0.459 e. The molecule has 1 saturated heterocycles. The van der Waals surface area contributed by atoms with E-state index < -0.39 is 0 Å². The molecule has 4 aromatic rings. The zero-order valence-corrected chi connectivity index (χ0v) is 16.8. The molecule has 156 valence electrons. The Morgan fingerprint density at radius 3 is 2.32 bits per heavy atom. The molecule has 0 atom stereocenters. The molecule has 31 heavy (non-hydrogen) atoms. The van der Waals surface area contributed by atoms with E-state index in [1.807, 2.05) is 53.4 Å². The molecule has 0 unspecified atom stereocenters. The normalized spacial score (nSPS) is 14.1. The van der Waals surface area contributed by atoms with Crippen molar-refractivity contribution in [2.24, 2.45) is 0 Å². The van der Waals surface area contributed by atoms with Crippen LogP contribution >= 0.6 is 0 Å². The largest absolute Gasteiger partial charge is 0.459 e. The highest BCUT2D eigenvalue weighted by molar-refractivity contribution is 6.02. The molecule has 2 aromatic carbocycles. The summed E-state index contributed by atoms with van der Waals surface area (Å²) in [7, 11) is 0. The van der Waals surface area contributed by atoms with Gasteiger partial charge >= 0.3 is 0 Å². The lowest BCUT2D eigenvalue weighted by molar-refractivity contribution is 0.0717. The summed E-state index contributed by atoms with van der Waals surface area (Å²) in [6.45, 7) is 2.69. The summed E-state index contributed by atoms with van der Waals surface area (Å²) in [6.07, 6.45) is 1.47. The third-order valence-electron chi connectivity index (χ3n) is 5.44. The Bertz CT molecular complexity index is 1170. The second kappa shape index (κ2) is 8.02. The summed E-state index contributed by atoms with van der Waals surface area (Å²) in [4.78, 5) is 28.9. The molecule has 1 N–H and O–H groups in total. The van der Waals surface area contributed by atoms with Crippen molar-refractivity contribution < 1.29 is 18.4 Å². The van der Waals surface area contributed by atoms with E-state index >= 15 is 0 Å². The number of amides is 2. The molecule has 0 bridgehead atoms. The van der Waals surface area contributed by atoms with Crippen LogP contribution < -0.4 is 10.2 Å². The number of rotatable bonds is 4. The van der Waals surface area contributed by atoms with E-state index in [0.29, 0.717) is 24.5 Å². The van der Waals surface area contributed by atoms with Gasteiger partial charge in [0.05, 0.1) is 6.26 Å². The predicted molar refractivity (Wildman–Crippen MR) is 117 cm³/mol. The van der Waals surface area contributed by atoms with Crippen LogP contribution in [0.15, 0.2) is 81.8 Å². The molecule has 0 spiro atoms. The van der Waals surface area contributed by atoms with Crippen LogP contribution in [0.4, 0.5) is 11.4 Å². The predicted octanol–water partition coefficient (Wildman–Crippen LogP) is 4.24. The van der Waals surface area contributed by atoms with Crippen molar-refractivity contribution in [2.75, 3.05) is 36.4 Å². The van der Waals surface area contributed by atoms with Gasteiger partial charge in [0.1, 0.15) is 5.58 Å². The van der Waals surface area contributed by atoms with Crippen molar-refractivity contribution in [1.29, 1.82) is 0 Å². The Hall–Kier alpha value is -4.00. The molecule has 2 aromatic heterocycles. The van der Waals surface area contributed by atoms with Crippen molar-refractivity contribution >= 4 is 34.2 Å². The maximum atomic E-state index is 12.8. The molecule has 1 aliphatic heterocycles. The standard InChI is InChI=1S/C24H21N3O4/c28-23(21-6-3-15-30-21)25-18-7-9-19(10-8-18)26-11-13-27(14-12-26)24(29)22-16-17-4-1-2-5-20(17)31-22/h1-10,15-16H,11-14H2,(H,25,28). The first-order valence-corrected chi connectivity index (χ1v) is 10.1. The van der Waals surface area contributed by atoms with Crippen molar-refractivity contribution in [3.63, 3.8) is 0 Å². The van der Waals surface area contributed by atoms with Crippen molar-refractivity contribution in [3.8, 4) is 0 Å². The molecule has 3 heterocycles. The third-order valence-corrected chi connectivity index (χ3v) is 5.44. The quantitative estimate of drug-likeness (QED) is 0.539. The van der Waals surface area contributed by atoms with E-state index in [-0.39, 0.29) is 17.6 Å². The number of nitrogens with one attached hydrogen (secondary N) is 1. The van der Waals surface area contributed by atoms with Crippen molar-refractivity contribution in [1.82, 2.24) is 4.90 Å².